The molecular weight excluding hydrogens is 312 g/mol. The van der Waals surface area contributed by atoms with E-state index in [0.29, 0.717) is 29.1 Å². The van der Waals surface area contributed by atoms with Gasteiger partial charge in [-0.25, -0.2) is 4.98 Å². The minimum absolute atomic E-state index is 0.271. The molecule has 0 saturated heterocycles. The number of hydrogen-bond acceptors (Lipinski definition) is 4. The van der Waals surface area contributed by atoms with Crippen LogP contribution in [0, 0.1) is 0 Å². The van der Waals surface area contributed by atoms with Crippen LogP contribution in [0.1, 0.15) is 10.5 Å². The molecule has 7 heteroatoms. The second kappa shape index (κ2) is 6.44. The number of nitrogens with one attached hydrogen (secondary N) is 1. The Morgan fingerprint density at radius 3 is 3.11 bits per heavy atom. The van der Waals surface area contributed by atoms with Crippen molar-refractivity contribution < 1.29 is 9.53 Å². The van der Waals surface area contributed by atoms with Crippen molar-refractivity contribution in [3.8, 4) is 0 Å². The summed E-state index contributed by atoms with van der Waals surface area (Å²) in [5.41, 5.74) is 0.974. The first-order valence-electron chi connectivity index (χ1n) is 5.64. The summed E-state index contributed by atoms with van der Waals surface area (Å²) in [4.78, 5) is 16.0. The number of halogens is 1. The Labute approximate surface area is 118 Å². The lowest BCUT2D eigenvalue weighted by Gasteiger charge is -2.02. The SMILES string of the molecule is COCCn1cc(NC(=O)c2cccc(Br)n2)cn1. The highest BCUT2D eigenvalue weighted by Gasteiger charge is 2.09. The van der Waals surface area contributed by atoms with Crippen LogP contribution in [0.2, 0.25) is 0 Å². The largest absolute Gasteiger partial charge is 0.383 e. The number of amides is 1. The topological polar surface area (TPSA) is 69.0 Å². The smallest absolute Gasteiger partial charge is 0.274 e. The number of rotatable bonds is 5. The number of hydrogen-bond donors (Lipinski definition) is 1. The fourth-order valence-electron chi connectivity index (χ4n) is 1.47. The second-order valence-electron chi connectivity index (χ2n) is 3.78. The van der Waals surface area contributed by atoms with Crippen molar-refractivity contribution in [3.05, 3.63) is 40.9 Å². The summed E-state index contributed by atoms with van der Waals surface area (Å²) in [6, 6.07) is 5.17. The number of nitrogens with zero attached hydrogens (tertiary/aromatic N) is 3. The number of methoxy groups -OCH3 is 1. The van der Waals surface area contributed by atoms with Crippen LogP contribution in [0.5, 0.6) is 0 Å². The fourth-order valence-corrected chi connectivity index (χ4v) is 1.81. The first-order valence-corrected chi connectivity index (χ1v) is 6.43. The minimum atomic E-state index is -0.271. The second-order valence-corrected chi connectivity index (χ2v) is 4.60. The predicted molar refractivity (Wildman–Crippen MR) is 74.0 cm³/mol. The van der Waals surface area contributed by atoms with Crippen molar-refractivity contribution in [1.82, 2.24) is 14.8 Å². The number of carbonyl (C=O) groups is 1. The number of ether oxygens (including phenoxy) is 1. The van der Waals surface area contributed by atoms with E-state index in [1.54, 1.807) is 42.4 Å². The van der Waals surface area contributed by atoms with Crippen LogP contribution in [0.3, 0.4) is 0 Å². The van der Waals surface area contributed by atoms with E-state index in [0.717, 1.165) is 0 Å². The average molecular weight is 325 g/mol. The molecule has 1 N–H and O–H groups in total. The van der Waals surface area contributed by atoms with Crippen molar-refractivity contribution in [3.63, 3.8) is 0 Å². The lowest BCUT2D eigenvalue weighted by molar-refractivity contribution is 0.102. The van der Waals surface area contributed by atoms with Crippen molar-refractivity contribution in [1.29, 1.82) is 0 Å². The third-order valence-corrected chi connectivity index (χ3v) is 2.81. The lowest BCUT2D eigenvalue weighted by atomic mass is 10.3. The highest BCUT2D eigenvalue weighted by atomic mass is 79.9. The zero-order chi connectivity index (χ0) is 13.7. The Bertz CT molecular complexity index is 570. The molecule has 19 heavy (non-hydrogen) atoms. The van der Waals surface area contributed by atoms with Crippen LogP contribution >= 0.6 is 15.9 Å². The third kappa shape index (κ3) is 3.87. The van der Waals surface area contributed by atoms with Gasteiger partial charge in [-0.15, -0.1) is 0 Å². The van der Waals surface area contributed by atoms with E-state index in [1.807, 2.05) is 0 Å². The summed E-state index contributed by atoms with van der Waals surface area (Å²) in [5.74, 6) is -0.271. The van der Waals surface area contributed by atoms with E-state index < -0.39 is 0 Å². The van der Waals surface area contributed by atoms with Crippen LogP contribution < -0.4 is 5.32 Å². The highest BCUT2D eigenvalue weighted by molar-refractivity contribution is 9.10. The summed E-state index contributed by atoms with van der Waals surface area (Å²) in [6.07, 6.45) is 3.33. The Morgan fingerprint density at radius 1 is 1.53 bits per heavy atom. The van der Waals surface area contributed by atoms with Gasteiger partial charge in [-0.05, 0) is 28.1 Å². The monoisotopic (exact) mass is 324 g/mol. The molecule has 0 aliphatic rings. The van der Waals surface area contributed by atoms with Gasteiger partial charge in [0.25, 0.3) is 5.91 Å². The molecule has 0 aliphatic carbocycles. The summed E-state index contributed by atoms with van der Waals surface area (Å²) in [7, 11) is 1.63. The standard InChI is InChI=1S/C12H13BrN4O2/c1-19-6-5-17-8-9(7-14-17)15-12(18)10-3-2-4-11(13)16-10/h2-4,7-8H,5-6H2,1H3,(H,15,18). The summed E-state index contributed by atoms with van der Waals surface area (Å²) >= 11 is 3.23. The van der Waals surface area contributed by atoms with Gasteiger partial charge in [0.05, 0.1) is 25.0 Å². The van der Waals surface area contributed by atoms with E-state index in [-0.39, 0.29) is 5.91 Å². The van der Waals surface area contributed by atoms with Crippen LogP contribution in [-0.2, 0) is 11.3 Å². The maximum absolute atomic E-state index is 11.9. The summed E-state index contributed by atoms with van der Waals surface area (Å²) < 4.78 is 7.28. The lowest BCUT2D eigenvalue weighted by Crippen LogP contribution is -2.13. The Morgan fingerprint density at radius 2 is 2.37 bits per heavy atom. The summed E-state index contributed by atoms with van der Waals surface area (Å²) in [5, 5.41) is 6.85. The minimum Gasteiger partial charge on any atom is -0.383 e. The molecule has 2 aromatic rings. The highest BCUT2D eigenvalue weighted by Crippen LogP contribution is 2.10. The molecule has 0 spiro atoms. The van der Waals surface area contributed by atoms with Gasteiger partial charge in [0, 0.05) is 13.3 Å². The average Bonchev–Trinajstić information content (AvgIpc) is 2.84. The molecule has 0 radical (unpaired) electrons. The van der Waals surface area contributed by atoms with Gasteiger partial charge in [0.2, 0.25) is 0 Å². The Hall–Kier alpha value is -1.73. The van der Waals surface area contributed by atoms with E-state index in [4.69, 9.17) is 4.74 Å². The Kier molecular flexibility index (Phi) is 4.64. The maximum atomic E-state index is 11.9. The molecular formula is C12H13BrN4O2. The van der Waals surface area contributed by atoms with Crippen LogP contribution in [0.25, 0.3) is 0 Å². The van der Waals surface area contributed by atoms with Crippen LogP contribution in [-0.4, -0.2) is 34.4 Å². The van der Waals surface area contributed by atoms with Gasteiger partial charge in [-0.1, -0.05) is 6.07 Å². The number of pyridine rings is 1. The van der Waals surface area contributed by atoms with Gasteiger partial charge < -0.3 is 10.1 Å². The molecule has 0 aromatic carbocycles. The third-order valence-electron chi connectivity index (χ3n) is 2.36. The van der Waals surface area contributed by atoms with E-state index >= 15 is 0 Å². The zero-order valence-corrected chi connectivity index (χ0v) is 11.9. The molecule has 100 valence electrons. The number of aromatic nitrogens is 3. The fraction of sp³-hybridized carbons (Fsp3) is 0.250. The van der Waals surface area contributed by atoms with E-state index in [1.165, 1.54) is 0 Å². The molecule has 0 unspecified atom stereocenters. The molecule has 0 aliphatic heterocycles. The summed E-state index contributed by atoms with van der Waals surface area (Å²) in [6.45, 7) is 1.21. The molecule has 1 amide bonds. The maximum Gasteiger partial charge on any atom is 0.274 e. The van der Waals surface area contributed by atoms with E-state index in [9.17, 15) is 4.79 Å². The van der Waals surface area contributed by atoms with Crippen molar-refractivity contribution >= 4 is 27.5 Å². The Balaban J connectivity index is 2.00. The molecule has 2 rings (SSSR count). The first-order chi connectivity index (χ1) is 9.19. The number of carbonyl (C=O) groups excluding carboxylic acids is 1. The van der Waals surface area contributed by atoms with Gasteiger partial charge in [0.15, 0.2) is 0 Å². The quantitative estimate of drug-likeness (QED) is 0.853. The van der Waals surface area contributed by atoms with Gasteiger partial charge in [0.1, 0.15) is 10.3 Å². The molecule has 6 nitrogen and oxygen atoms in total. The molecule has 0 saturated carbocycles. The van der Waals surface area contributed by atoms with E-state index in [2.05, 4.69) is 31.3 Å². The molecule has 2 heterocycles. The predicted octanol–water partition coefficient (Wildman–Crippen LogP) is 1.94. The van der Waals surface area contributed by atoms with Crippen molar-refractivity contribution in [2.75, 3.05) is 19.0 Å². The number of anilines is 1. The van der Waals surface area contributed by atoms with Crippen molar-refractivity contribution in [2.24, 2.45) is 0 Å². The molecule has 0 bridgehead atoms. The van der Waals surface area contributed by atoms with Gasteiger partial charge >= 0.3 is 0 Å². The first kappa shape index (κ1) is 13.7. The van der Waals surface area contributed by atoms with Gasteiger partial charge in [-0.3, -0.25) is 9.48 Å². The normalized spacial score (nSPS) is 10.4. The van der Waals surface area contributed by atoms with Gasteiger partial charge in [-0.2, -0.15) is 5.10 Å². The van der Waals surface area contributed by atoms with Crippen LogP contribution in [0.4, 0.5) is 5.69 Å². The molecule has 2 aromatic heterocycles. The molecule has 0 fully saturated rings. The zero-order valence-electron chi connectivity index (χ0n) is 10.3. The van der Waals surface area contributed by atoms with Crippen LogP contribution in [0.15, 0.2) is 35.2 Å². The molecule has 0 atom stereocenters. The van der Waals surface area contributed by atoms with Crippen molar-refractivity contribution in [2.45, 2.75) is 6.54 Å².